The Morgan fingerprint density at radius 2 is 1.56 bits per heavy atom. The smallest absolute Gasteiger partial charge is 0.407 e. The predicted octanol–water partition coefficient (Wildman–Crippen LogP) is 5.60. The van der Waals surface area contributed by atoms with Crippen LogP contribution in [0.1, 0.15) is 32.6 Å². The van der Waals surface area contributed by atoms with Gasteiger partial charge in [-0.1, -0.05) is 73.7 Å². The molecule has 1 fully saturated rings. The van der Waals surface area contributed by atoms with Crippen LogP contribution in [0.4, 0.5) is 0 Å². The van der Waals surface area contributed by atoms with Crippen molar-refractivity contribution in [3.8, 4) is 11.1 Å². The summed E-state index contributed by atoms with van der Waals surface area (Å²) < 4.78 is 11.9. The van der Waals surface area contributed by atoms with E-state index in [4.69, 9.17) is 32.5 Å². The molecule has 1 saturated heterocycles. The van der Waals surface area contributed by atoms with E-state index in [-0.39, 0.29) is 7.12 Å². The molecule has 5 heteroatoms. The van der Waals surface area contributed by atoms with E-state index in [1.165, 1.54) is 25.7 Å². The summed E-state index contributed by atoms with van der Waals surface area (Å²) in [6.45, 7) is 3.78. The van der Waals surface area contributed by atoms with Crippen LogP contribution < -0.4 is 5.46 Å². The van der Waals surface area contributed by atoms with Crippen LogP contribution in [0.25, 0.3) is 11.1 Å². The number of hydrogen-bond acceptors (Lipinski definition) is 2. The number of hydrogen-bond donors (Lipinski definition) is 0. The quantitative estimate of drug-likeness (QED) is 0.482. The first-order valence-corrected chi connectivity index (χ1v) is 9.71. The van der Waals surface area contributed by atoms with Crippen molar-refractivity contribution in [2.75, 3.05) is 13.2 Å². The summed E-state index contributed by atoms with van der Waals surface area (Å²) in [5, 5.41) is 1.28. The highest BCUT2D eigenvalue weighted by Crippen LogP contribution is 2.27. The van der Waals surface area contributed by atoms with Crippen molar-refractivity contribution < 1.29 is 9.31 Å². The van der Waals surface area contributed by atoms with Gasteiger partial charge in [-0.15, -0.1) is 0 Å². The number of halogens is 2. The molecule has 0 amide bonds. The highest BCUT2D eigenvalue weighted by molar-refractivity contribution is 6.61. The second-order valence-corrected chi connectivity index (χ2v) is 7.51. The Kier molecular flexibility index (Phi) is 6.83. The van der Waals surface area contributed by atoms with Crippen LogP contribution in [0.3, 0.4) is 0 Å². The van der Waals surface area contributed by atoms with Gasteiger partial charge in [-0.3, -0.25) is 0 Å². The van der Waals surface area contributed by atoms with E-state index in [9.17, 15) is 0 Å². The van der Waals surface area contributed by atoms with E-state index in [1.54, 1.807) is 6.07 Å². The first-order valence-electron chi connectivity index (χ1n) is 8.95. The zero-order chi connectivity index (χ0) is 17.6. The molecule has 0 spiro atoms. The van der Waals surface area contributed by atoms with E-state index in [1.807, 2.05) is 24.3 Å². The monoisotopic (exact) mass is 376 g/mol. The molecule has 0 unspecified atom stereocenters. The molecule has 0 atom stereocenters. The van der Waals surface area contributed by atoms with E-state index in [2.05, 4.69) is 19.1 Å². The Labute approximate surface area is 160 Å². The molecule has 1 aliphatic heterocycles. The number of rotatable bonds is 6. The van der Waals surface area contributed by atoms with Crippen molar-refractivity contribution in [3.63, 3.8) is 0 Å². The van der Waals surface area contributed by atoms with E-state index < -0.39 is 0 Å². The zero-order valence-electron chi connectivity index (χ0n) is 14.5. The highest BCUT2D eigenvalue weighted by Gasteiger charge is 2.28. The van der Waals surface area contributed by atoms with Crippen LogP contribution in [0.2, 0.25) is 10.0 Å². The van der Waals surface area contributed by atoms with Gasteiger partial charge in [0, 0.05) is 29.2 Å². The topological polar surface area (TPSA) is 18.5 Å². The lowest BCUT2D eigenvalue weighted by atomic mass is 9.76. The maximum Gasteiger partial charge on any atom is 0.493 e. The third-order valence-electron chi connectivity index (χ3n) is 4.56. The molecule has 0 radical (unpaired) electrons. The molecule has 0 N–H and O–H groups in total. The minimum Gasteiger partial charge on any atom is -0.407 e. The van der Waals surface area contributed by atoms with Crippen molar-refractivity contribution in [1.82, 2.24) is 0 Å². The van der Waals surface area contributed by atoms with Crippen LogP contribution in [-0.2, 0) is 9.31 Å². The van der Waals surface area contributed by atoms with Gasteiger partial charge in [0.15, 0.2) is 0 Å². The van der Waals surface area contributed by atoms with E-state index >= 15 is 0 Å². The lowest BCUT2D eigenvalue weighted by molar-refractivity contribution is 0.0811. The van der Waals surface area contributed by atoms with Crippen molar-refractivity contribution in [2.24, 2.45) is 5.92 Å². The Hall–Kier alpha value is -0.995. The molecule has 0 aliphatic carbocycles. The summed E-state index contributed by atoms with van der Waals surface area (Å²) in [5.41, 5.74) is 3.12. The summed E-state index contributed by atoms with van der Waals surface area (Å²) in [5.74, 6) is 0.524. The minimum atomic E-state index is -0.264. The molecular formula is C20H23BCl2O2. The van der Waals surface area contributed by atoms with Crippen molar-refractivity contribution in [2.45, 2.75) is 32.6 Å². The molecule has 132 valence electrons. The summed E-state index contributed by atoms with van der Waals surface area (Å²) >= 11 is 12.2. The molecule has 25 heavy (non-hydrogen) atoms. The van der Waals surface area contributed by atoms with Crippen LogP contribution >= 0.6 is 23.2 Å². The zero-order valence-corrected chi connectivity index (χ0v) is 16.0. The first-order chi connectivity index (χ1) is 12.2. The Morgan fingerprint density at radius 3 is 2.16 bits per heavy atom. The second kappa shape index (κ2) is 9.09. The van der Waals surface area contributed by atoms with Gasteiger partial charge in [-0.05, 0) is 41.2 Å². The van der Waals surface area contributed by atoms with Crippen molar-refractivity contribution >= 4 is 35.8 Å². The van der Waals surface area contributed by atoms with Gasteiger partial charge in [0.25, 0.3) is 0 Å². The molecule has 0 saturated carbocycles. The van der Waals surface area contributed by atoms with E-state index in [0.29, 0.717) is 16.0 Å². The second-order valence-electron chi connectivity index (χ2n) is 6.64. The van der Waals surface area contributed by atoms with Gasteiger partial charge < -0.3 is 9.31 Å². The molecule has 3 rings (SSSR count). The average Bonchev–Trinajstić information content (AvgIpc) is 2.62. The summed E-state index contributed by atoms with van der Waals surface area (Å²) in [4.78, 5) is 0. The maximum absolute atomic E-state index is 6.09. The largest absolute Gasteiger partial charge is 0.493 e. The first kappa shape index (κ1) is 18.8. The fraction of sp³-hybridized carbons (Fsp3) is 0.400. The molecule has 1 heterocycles. The fourth-order valence-corrected chi connectivity index (χ4v) is 3.66. The van der Waals surface area contributed by atoms with Crippen molar-refractivity contribution in [3.05, 3.63) is 52.5 Å². The lowest BCUT2D eigenvalue weighted by Gasteiger charge is -2.27. The average molecular weight is 377 g/mol. The van der Waals surface area contributed by atoms with E-state index in [0.717, 1.165) is 29.8 Å². The third kappa shape index (κ3) is 5.24. The van der Waals surface area contributed by atoms with Gasteiger partial charge in [0.2, 0.25) is 0 Å². The number of unbranched alkanes of at least 4 members (excludes halogenated alkanes) is 2. The van der Waals surface area contributed by atoms with Crippen LogP contribution in [-0.4, -0.2) is 20.3 Å². The number of benzene rings is 2. The summed E-state index contributed by atoms with van der Waals surface area (Å²) in [6.07, 6.45) is 4.99. The highest BCUT2D eigenvalue weighted by atomic mass is 35.5. The Balaban J connectivity index is 1.60. The van der Waals surface area contributed by atoms with Gasteiger partial charge in [0.1, 0.15) is 0 Å². The lowest BCUT2D eigenvalue weighted by Crippen LogP contribution is -2.44. The molecule has 2 aromatic rings. The van der Waals surface area contributed by atoms with Gasteiger partial charge in [-0.2, -0.15) is 0 Å². The fourth-order valence-electron chi connectivity index (χ4n) is 3.14. The predicted molar refractivity (Wildman–Crippen MR) is 107 cm³/mol. The summed E-state index contributed by atoms with van der Waals surface area (Å²) in [7, 11) is -0.264. The van der Waals surface area contributed by atoms with Gasteiger partial charge >= 0.3 is 7.12 Å². The maximum atomic E-state index is 6.09. The Bertz CT molecular complexity index is 662. The molecule has 1 aliphatic rings. The molecule has 2 nitrogen and oxygen atoms in total. The van der Waals surface area contributed by atoms with Crippen LogP contribution in [0, 0.1) is 5.92 Å². The van der Waals surface area contributed by atoms with Crippen molar-refractivity contribution in [1.29, 1.82) is 0 Å². The van der Waals surface area contributed by atoms with Crippen LogP contribution in [0.15, 0.2) is 42.5 Å². The minimum absolute atomic E-state index is 0.264. The SMILES string of the molecule is CCCCCC1COB(c2ccc(-c3cc(Cl)cc(Cl)c3)cc2)OC1. The molecule has 0 aromatic heterocycles. The van der Waals surface area contributed by atoms with Gasteiger partial charge in [-0.25, -0.2) is 0 Å². The van der Waals surface area contributed by atoms with Gasteiger partial charge in [0.05, 0.1) is 0 Å². The normalized spacial score (nSPS) is 15.6. The Morgan fingerprint density at radius 1 is 0.920 bits per heavy atom. The van der Waals surface area contributed by atoms with Crippen LogP contribution in [0.5, 0.6) is 0 Å². The molecular weight excluding hydrogens is 354 g/mol. The standard InChI is InChI=1S/C20H23BCl2O2/c1-2-3-4-5-15-13-24-21(25-14-15)18-8-6-16(7-9-18)17-10-19(22)12-20(23)11-17/h6-12,15H,2-5,13-14H2,1H3. The molecule has 0 bridgehead atoms. The molecule has 2 aromatic carbocycles. The summed E-state index contributed by atoms with van der Waals surface area (Å²) in [6, 6.07) is 13.8. The third-order valence-corrected chi connectivity index (χ3v) is 5.00.